The number of aromatic nitrogens is 2. The predicted molar refractivity (Wildman–Crippen MR) is 222 cm³/mol. The van der Waals surface area contributed by atoms with Crippen molar-refractivity contribution in [2.24, 2.45) is 20.0 Å². The van der Waals surface area contributed by atoms with Crippen LogP contribution in [0.3, 0.4) is 0 Å². The van der Waals surface area contributed by atoms with E-state index in [1.807, 2.05) is 72.8 Å². The van der Waals surface area contributed by atoms with Crippen molar-refractivity contribution in [3.05, 3.63) is 107 Å². The summed E-state index contributed by atoms with van der Waals surface area (Å²) in [5.74, 6) is 3.21. The van der Waals surface area contributed by atoms with Crippen LogP contribution in [0.25, 0.3) is 0 Å². The standard InChI is InChI=1S/C22H26N6O2.C18H23NO4.F6P/c1-3-19-15-23-7-11-29-13-9-25-17-21-5-2-6-22(28-21)18-26-10-14-30-12-8-24-16-20(4-1)27-19;1-20-15-5-13(6-16(9-15)21-2)11-19-12-14-7-17(22-3)10-18(8-14)23-4;1-7(2,3,4,5)6/h1-6,15-18H,7-14H2;5-10,19H,11-12H2,1-4H3;/q;;-1/p+1. The van der Waals surface area contributed by atoms with Gasteiger partial charge in [-0.2, -0.15) is 0 Å². The SMILES string of the molecule is C1=NCCOCCN=Cc2cccc(n2)C=NCCOCCN=Cc2cccc1n2.COc1cc(C[NH2+]Cc2cc(OC)cc(OC)c2)cc(OC)c1.F[P-](F)(F)(F)(F)F. The van der Waals surface area contributed by atoms with E-state index >= 15 is 0 Å². The van der Waals surface area contributed by atoms with Crippen LogP contribution in [-0.2, 0) is 22.6 Å². The molecule has 0 radical (unpaired) electrons. The predicted octanol–water partition coefficient (Wildman–Crippen LogP) is 7.27. The Kier molecular flexibility index (Phi) is 19.5. The van der Waals surface area contributed by atoms with Crippen molar-refractivity contribution >= 4 is 32.7 Å². The van der Waals surface area contributed by atoms with E-state index in [4.69, 9.17) is 28.4 Å². The molecule has 1 aliphatic rings. The number of pyridine rings is 2. The van der Waals surface area contributed by atoms with Crippen LogP contribution < -0.4 is 24.3 Å². The topological polar surface area (TPSA) is 147 Å². The van der Waals surface area contributed by atoms with E-state index in [9.17, 15) is 25.2 Å². The van der Waals surface area contributed by atoms with Crippen molar-refractivity contribution in [3.8, 4) is 23.0 Å². The molecular weight excluding hydrogens is 819 g/mol. The maximum atomic E-state index is 9.87. The summed E-state index contributed by atoms with van der Waals surface area (Å²) in [5, 5.41) is 2.21. The molecule has 0 aliphatic carbocycles. The first-order valence-electron chi connectivity index (χ1n) is 18.4. The molecule has 20 heteroatoms. The van der Waals surface area contributed by atoms with Crippen molar-refractivity contribution in [1.29, 1.82) is 0 Å². The van der Waals surface area contributed by atoms with Crippen LogP contribution in [0.5, 0.6) is 23.0 Å². The molecule has 0 saturated heterocycles. The number of fused-ring (bicyclic) bond motifs is 4. The van der Waals surface area contributed by atoms with Crippen LogP contribution >= 0.6 is 7.81 Å². The number of quaternary nitrogens is 1. The number of nitrogens with zero attached hydrogens (tertiary/aromatic N) is 6. The Bertz CT molecular complexity index is 1790. The number of benzene rings is 2. The molecule has 4 aromatic rings. The Labute approximate surface area is 344 Å². The van der Waals surface area contributed by atoms with Crippen molar-refractivity contribution in [2.45, 2.75) is 13.1 Å². The van der Waals surface area contributed by atoms with Crippen LogP contribution in [0.1, 0.15) is 33.9 Å². The van der Waals surface area contributed by atoms with Crippen LogP contribution in [-0.4, -0.2) is 116 Å². The molecule has 328 valence electrons. The summed E-state index contributed by atoms with van der Waals surface area (Å²) < 4.78 is 91.5. The summed E-state index contributed by atoms with van der Waals surface area (Å²) in [6.45, 7) is 6.10. The van der Waals surface area contributed by atoms with Gasteiger partial charge in [0.15, 0.2) is 0 Å². The number of ether oxygens (including phenoxy) is 6. The zero-order chi connectivity index (χ0) is 43.8. The third kappa shape index (κ3) is 23.8. The van der Waals surface area contributed by atoms with E-state index in [2.05, 4.69) is 35.3 Å². The van der Waals surface area contributed by atoms with Crippen molar-refractivity contribution < 1.29 is 58.9 Å². The number of halogens is 6. The van der Waals surface area contributed by atoms with Gasteiger partial charge in [-0.1, -0.05) is 12.1 Å². The summed E-state index contributed by atoms with van der Waals surface area (Å²) in [7, 11) is -4.03. The van der Waals surface area contributed by atoms with E-state index in [-0.39, 0.29) is 0 Å². The Hall–Kier alpha value is -5.49. The molecule has 0 spiro atoms. The van der Waals surface area contributed by atoms with Gasteiger partial charge in [0.25, 0.3) is 0 Å². The zero-order valence-corrected chi connectivity index (χ0v) is 34.6. The van der Waals surface area contributed by atoms with E-state index in [1.165, 1.54) is 0 Å². The molecule has 2 N–H and O–H groups in total. The number of aliphatic imine (C=N–C) groups is 4. The third-order valence-corrected chi connectivity index (χ3v) is 7.52. The molecule has 0 atom stereocenters. The van der Waals surface area contributed by atoms with E-state index < -0.39 is 7.81 Å². The van der Waals surface area contributed by atoms with Gasteiger partial charge in [0.2, 0.25) is 0 Å². The van der Waals surface area contributed by atoms with Crippen molar-refractivity contribution in [2.75, 3.05) is 81.0 Å². The van der Waals surface area contributed by atoms with Crippen LogP contribution in [0.2, 0.25) is 0 Å². The minimum atomic E-state index is -10.7. The van der Waals surface area contributed by atoms with Crippen LogP contribution in [0.15, 0.2) is 92.8 Å². The fraction of sp³-hybridized carbons (Fsp3) is 0.350. The molecule has 0 saturated carbocycles. The summed E-state index contributed by atoms with van der Waals surface area (Å²) in [6.07, 6.45) is 7.00. The second kappa shape index (κ2) is 23.9. The molecule has 3 heterocycles. The maximum absolute atomic E-state index is 10.7. The molecule has 4 bridgehead atoms. The number of hydrogen-bond acceptors (Lipinski definition) is 12. The molecular formula is C40H50F6N7O6P. The van der Waals surface area contributed by atoms with E-state index in [0.29, 0.717) is 52.6 Å². The average Bonchev–Trinajstić information content (AvgIpc) is 3.21. The second-order valence-corrected chi connectivity index (χ2v) is 14.4. The normalized spacial score (nSPS) is 15.0. The number of hydrogen-bond donors (Lipinski definition) is 1. The Morgan fingerprint density at radius 1 is 0.483 bits per heavy atom. The first-order valence-corrected chi connectivity index (χ1v) is 20.5. The molecule has 60 heavy (non-hydrogen) atoms. The fourth-order valence-electron chi connectivity index (χ4n) is 4.90. The van der Waals surface area contributed by atoms with Crippen molar-refractivity contribution in [1.82, 2.24) is 9.97 Å². The van der Waals surface area contributed by atoms with Gasteiger partial charge < -0.3 is 33.7 Å². The molecule has 0 fully saturated rings. The molecule has 2 aromatic carbocycles. The van der Waals surface area contributed by atoms with Gasteiger partial charge in [-0.25, -0.2) is 9.97 Å². The molecule has 2 aromatic heterocycles. The molecule has 0 unspecified atom stereocenters. The van der Waals surface area contributed by atoms with Gasteiger partial charge in [-0.15, -0.1) is 0 Å². The monoisotopic (exact) mass is 869 g/mol. The number of methoxy groups -OCH3 is 4. The Morgan fingerprint density at radius 2 is 0.750 bits per heavy atom. The quantitative estimate of drug-likeness (QED) is 0.144. The van der Waals surface area contributed by atoms with Gasteiger partial charge in [0.05, 0.1) is 104 Å². The third-order valence-electron chi connectivity index (χ3n) is 7.52. The van der Waals surface area contributed by atoms with E-state index in [0.717, 1.165) is 70.0 Å². The van der Waals surface area contributed by atoms with Gasteiger partial charge in [-0.3, -0.25) is 20.0 Å². The molecule has 5 rings (SSSR count). The van der Waals surface area contributed by atoms with E-state index in [1.54, 1.807) is 53.3 Å². The number of rotatable bonds is 8. The number of nitrogens with two attached hydrogens (primary N) is 1. The summed E-state index contributed by atoms with van der Waals surface area (Å²) >= 11 is 0. The van der Waals surface area contributed by atoms with Crippen molar-refractivity contribution in [3.63, 3.8) is 0 Å². The summed E-state index contributed by atoms with van der Waals surface area (Å²) in [5.41, 5.74) is 5.47. The second-order valence-electron chi connectivity index (χ2n) is 12.4. The zero-order valence-electron chi connectivity index (χ0n) is 33.7. The van der Waals surface area contributed by atoms with Crippen LogP contribution in [0, 0.1) is 0 Å². The minimum absolute atomic E-state index is 0.539. The first-order chi connectivity index (χ1) is 28.5. The van der Waals surface area contributed by atoms with Gasteiger partial charge in [-0.05, 0) is 48.5 Å². The fourth-order valence-corrected chi connectivity index (χ4v) is 4.90. The molecule has 13 nitrogen and oxygen atoms in total. The van der Waals surface area contributed by atoms with Crippen LogP contribution in [0.4, 0.5) is 25.2 Å². The summed E-state index contributed by atoms with van der Waals surface area (Å²) in [6, 6.07) is 23.3. The van der Waals surface area contributed by atoms with Gasteiger partial charge in [0, 0.05) is 48.1 Å². The average molecular weight is 870 g/mol. The molecule has 1 aliphatic heterocycles. The van der Waals surface area contributed by atoms with Gasteiger partial charge >= 0.3 is 33.0 Å². The first kappa shape index (κ1) is 48.9. The Balaban J connectivity index is 0.000000283. The Morgan fingerprint density at radius 3 is 1.00 bits per heavy atom. The van der Waals surface area contributed by atoms with Gasteiger partial charge in [0.1, 0.15) is 36.1 Å². The summed E-state index contributed by atoms with van der Waals surface area (Å²) in [4.78, 5) is 26.4. The molecule has 0 amide bonds.